The molecule has 4 nitrogen and oxygen atoms in total. The minimum atomic E-state index is -0.103. The molecule has 1 aliphatic heterocycles. The van der Waals surface area contributed by atoms with Crippen LogP contribution >= 0.6 is 0 Å². The van der Waals surface area contributed by atoms with Crippen LogP contribution in [0.5, 0.6) is 0 Å². The van der Waals surface area contributed by atoms with E-state index in [0.717, 1.165) is 38.5 Å². The van der Waals surface area contributed by atoms with Crippen molar-refractivity contribution in [1.29, 1.82) is 0 Å². The van der Waals surface area contributed by atoms with E-state index in [1.165, 1.54) is 30.6 Å². The van der Waals surface area contributed by atoms with Crippen molar-refractivity contribution < 1.29 is 14.2 Å². The molecule has 3 aliphatic carbocycles. The molecule has 0 spiro atoms. The van der Waals surface area contributed by atoms with Crippen molar-refractivity contribution in [3.05, 3.63) is 59.6 Å². The summed E-state index contributed by atoms with van der Waals surface area (Å²) in [7, 11) is 0. The summed E-state index contributed by atoms with van der Waals surface area (Å²) in [4.78, 5) is 2.71. The van der Waals surface area contributed by atoms with E-state index in [1.54, 1.807) is 0 Å². The largest absolute Gasteiger partial charge is 0.497 e. The van der Waals surface area contributed by atoms with Gasteiger partial charge in [-0.15, -0.1) is 0 Å². The lowest BCUT2D eigenvalue weighted by atomic mass is 9.54. The molecule has 0 unspecified atom stereocenters. The second-order valence-electron chi connectivity index (χ2n) is 9.05. The predicted octanol–water partition coefficient (Wildman–Crippen LogP) is 4.89. The number of morpholine rings is 1. The summed E-state index contributed by atoms with van der Waals surface area (Å²) >= 11 is 0. The predicted molar refractivity (Wildman–Crippen MR) is 118 cm³/mol. The molecular formula is C26H35NO3. The molecule has 162 valence electrons. The SMILES string of the molecule is CCOC1=C[C@@H](c2ccccc2)[C@@]2(N3CCOCC3)C=C(OCC)[C@@]13CCCC[C@@H]32. The minimum Gasteiger partial charge on any atom is -0.497 e. The molecule has 1 aromatic rings. The first-order valence-electron chi connectivity index (χ1n) is 11.9. The van der Waals surface area contributed by atoms with Crippen molar-refractivity contribution in [2.24, 2.45) is 11.3 Å². The Bertz CT molecular complexity index is 813. The van der Waals surface area contributed by atoms with Crippen molar-refractivity contribution in [2.45, 2.75) is 51.0 Å². The van der Waals surface area contributed by atoms with Gasteiger partial charge in [0, 0.05) is 24.9 Å². The number of rotatable bonds is 6. The van der Waals surface area contributed by atoms with Crippen molar-refractivity contribution >= 4 is 0 Å². The standard InChI is InChI=1S/C26H35NO3/c1-3-29-23-18-21(20-10-6-5-7-11-20)26(27-14-16-28-17-15-27)19-24(30-4-2)25(23)13-9-8-12-22(25)26/h5-7,10-11,18-19,21-22H,3-4,8-9,12-17H2,1-2H3/t21-,22-,25+,26-/m0/s1. The van der Waals surface area contributed by atoms with Crippen LogP contribution in [0.2, 0.25) is 0 Å². The molecule has 1 aromatic carbocycles. The quantitative estimate of drug-likeness (QED) is 0.670. The maximum atomic E-state index is 6.44. The van der Waals surface area contributed by atoms with Crippen LogP contribution in [0.15, 0.2) is 54.0 Å². The molecule has 0 radical (unpaired) electrons. The zero-order valence-corrected chi connectivity index (χ0v) is 18.4. The Labute approximate surface area is 180 Å². The molecule has 5 rings (SSSR count). The van der Waals surface area contributed by atoms with Crippen molar-refractivity contribution in [3.8, 4) is 0 Å². The van der Waals surface area contributed by atoms with Crippen LogP contribution in [-0.4, -0.2) is 50.0 Å². The maximum Gasteiger partial charge on any atom is 0.108 e. The van der Waals surface area contributed by atoms with E-state index in [1.807, 2.05) is 0 Å². The molecule has 1 heterocycles. The first-order valence-corrected chi connectivity index (χ1v) is 11.9. The molecule has 0 N–H and O–H groups in total. The molecule has 30 heavy (non-hydrogen) atoms. The summed E-state index contributed by atoms with van der Waals surface area (Å²) in [5.74, 6) is 3.06. The van der Waals surface area contributed by atoms with Gasteiger partial charge in [0.1, 0.15) is 11.5 Å². The van der Waals surface area contributed by atoms with Crippen LogP contribution in [0.25, 0.3) is 0 Å². The number of ether oxygens (including phenoxy) is 3. The van der Waals surface area contributed by atoms with Gasteiger partial charge in [0.15, 0.2) is 0 Å². The van der Waals surface area contributed by atoms with E-state index in [-0.39, 0.29) is 16.9 Å². The van der Waals surface area contributed by atoms with Gasteiger partial charge in [-0.25, -0.2) is 0 Å². The van der Waals surface area contributed by atoms with E-state index in [0.29, 0.717) is 19.1 Å². The van der Waals surface area contributed by atoms with Gasteiger partial charge in [0.2, 0.25) is 0 Å². The van der Waals surface area contributed by atoms with Gasteiger partial charge < -0.3 is 14.2 Å². The highest BCUT2D eigenvalue weighted by Gasteiger charge is 2.68. The third-order valence-electron chi connectivity index (χ3n) is 7.84. The summed E-state index contributed by atoms with van der Waals surface area (Å²) in [6.07, 6.45) is 9.85. The zero-order valence-electron chi connectivity index (χ0n) is 18.4. The summed E-state index contributed by atoms with van der Waals surface area (Å²) in [5.41, 5.74) is 1.19. The molecule has 0 aromatic heterocycles. The van der Waals surface area contributed by atoms with Gasteiger partial charge in [-0.3, -0.25) is 4.90 Å². The van der Waals surface area contributed by atoms with Gasteiger partial charge in [-0.1, -0.05) is 43.2 Å². The third-order valence-corrected chi connectivity index (χ3v) is 7.84. The molecular weight excluding hydrogens is 374 g/mol. The van der Waals surface area contributed by atoms with Crippen molar-refractivity contribution in [2.75, 3.05) is 39.5 Å². The van der Waals surface area contributed by atoms with Crippen LogP contribution in [0.3, 0.4) is 0 Å². The van der Waals surface area contributed by atoms with E-state index in [9.17, 15) is 0 Å². The normalized spacial score (nSPS) is 35.9. The van der Waals surface area contributed by atoms with Crippen LogP contribution in [0.4, 0.5) is 0 Å². The summed E-state index contributed by atoms with van der Waals surface area (Å²) in [6, 6.07) is 11.0. The van der Waals surface area contributed by atoms with Gasteiger partial charge >= 0.3 is 0 Å². The fourth-order valence-electron chi connectivity index (χ4n) is 6.83. The van der Waals surface area contributed by atoms with Gasteiger partial charge in [-0.05, 0) is 44.4 Å². The van der Waals surface area contributed by atoms with E-state index >= 15 is 0 Å². The Balaban J connectivity index is 1.74. The zero-order chi connectivity index (χ0) is 20.6. The van der Waals surface area contributed by atoms with Gasteiger partial charge in [-0.2, -0.15) is 0 Å². The van der Waals surface area contributed by atoms with Crippen LogP contribution in [-0.2, 0) is 14.2 Å². The Morgan fingerprint density at radius 3 is 2.47 bits per heavy atom. The lowest BCUT2D eigenvalue weighted by Crippen LogP contribution is -2.62. The molecule has 1 saturated carbocycles. The number of hydrogen-bond donors (Lipinski definition) is 0. The minimum absolute atomic E-state index is 0.0728. The fraction of sp³-hybridized carbons (Fsp3) is 0.615. The van der Waals surface area contributed by atoms with Crippen LogP contribution < -0.4 is 0 Å². The molecule has 1 saturated heterocycles. The molecule has 4 aliphatic rings. The highest BCUT2D eigenvalue weighted by atomic mass is 16.5. The molecule has 4 atom stereocenters. The highest BCUT2D eigenvalue weighted by Crippen LogP contribution is 2.68. The Kier molecular flexibility index (Phi) is 5.40. The molecule has 2 bridgehead atoms. The Morgan fingerprint density at radius 1 is 1.00 bits per heavy atom. The van der Waals surface area contributed by atoms with Crippen LogP contribution in [0, 0.1) is 11.3 Å². The Morgan fingerprint density at radius 2 is 1.73 bits per heavy atom. The topological polar surface area (TPSA) is 30.9 Å². The third kappa shape index (κ3) is 2.80. The second kappa shape index (κ2) is 8.05. The first-order chi connectivity index (χ1) is 14.8. The van der Waals surface area contributed by atoms with E-state index < -0.39 is 0 Å². The van der Waals surface area contributed by atoms with Crippen molar-refractivity contribution in [3.63, 3.8) is 0 Å². The van der Waals surface area contributed by atoms with Gasteiger partial charge in [0.05, 0.1) is 37.4 Å². The Hall–Kier alpha value is -1.78. The number of hydrogen-bond acceptors (Lipinski definition) is 4. The van der Waals surface area contributed by atoms with Gasteiger partial charge in [0.25, 0.3) is 0 Å². The average molecular weight is 410 g/mol. The number of nitrogens with zero attached hydrogens (tertiary/aromatic N) is 1. The summed E-state index contributed by atoms with van der Waals surface area (Å²) in [5, 5.41) is 0. The van der Waals surface area contributed by atoms with Crippen LogP contribution in [0.1, 0.15) is 51.0 Å². The summed E-state index contributed by atoms with van der Waals surface area (Å²) < 4.78 is 18.6. The fourth-order valence-corrected chi connectivity index (χ4v) is 6.83. The lowest BCUT2D eigenvalue weighted by molar-refractivity contribution is -0.0744. The summed E-state index contributed by atoms with van der Waals surface area (Å²) in [6.45, 7) is 9.19. The monoisotopic (exact) mass is 409 g/mol. The molecule has 0 amide bonds. The van der Waals surface area contributed by atoms with Crippen molar-refractivity contribution in [1.82, 2.24) is 4.90 Å². The first kappa shape index (κ1) is 20.1. The number of benzene rings is 1. The smallest absolute Gasteiger partial charge is 0.108 e. The molecule has 4 heteroatoms. The highest BCUT2D eigenvalue weighted by molar-refractivity contribution is 5.50. The van der Waals surface area contributed by atoms with E-state index in [2.05, 4.69) is 61.2 Å². The maximum absolute atomic E-state index is 6.44. The van der Waals surface area contributed by atoms with E-state index in [4.69, 9.17) is 14.2 Å². The second-order valence-corrected chi connectivity index (χ2v) is 9.05. The molecule has 2 fully saturated rings. The average Bonchev–Trinajstić information content (AvgIpc) is 3.04. The lowest BCUT2D eigenvalue weighted by Gasteiger charge is -2.57.